The van der Waals surface area contributed by atoms with Crippen LogP contribution in [0.3, 0.4) is 0 Å². The zero-order valence-electron chi connectivity index (χ0n) is 14.3. The van der Waals surface area contributed by atoms with Crippen molar-refractivity contribution < 1.29 is 19.1 Å². The Morgan fingerprint density at radius 2 is 1.96 bits per heavy atom. The quantitative estimate of drug-likeness (QED) is 0.791. The lowest BCUT2D eigenvalue weighted by molar-refractivity contribution is -0.138. The minimum absolute atomic E-state index is 0.117. The van der Waals surface area contributed by atoms with Gasteiger partial charge in [-0.2, -0.15) is 0 Å². The number of thioether (sulfide) groups is 1. The first kappa shape index (κ1) is 17.8. The highest BCUT2D eigenvalue weighted by molar-refractivity contribution is 8.02. The largest absolute Gasteiger partial charge is 0.378 e. The zero-order valence-corrected chi connectivity index (χ0v) is 15.1. The fourth-order valence-electron chi connectivity index (χ4n) is 2.91. The second kappa shape index (κ2) is 7.05. The molecule has 3 amide bonds. The number of amides is 3. The topological polar surface area (TPSA) is 79.0 Å². The van der Waals surface area contributed by atoms with Crippen LogP contribution < -0.4 is 10.2 Å². The number of para-hydroxylation sites is 1. The summed E-state index contributed by atoms with van der Waals surface area (Å²) in [7, 11) is 1.66. The summed E-state index contributed by atoms with van der Waals surface area (Å²) >= 11 is 1.22. The van der Waals surface area contributed by atoms with Gasteiger partial charge in [0.15, 0.2) is 4.75 Å². The summed E-state index contributed by atoms with van der Waals surface area (Å²) < 4.78 is 3.91. The predicted octanol–water partition coefficient (Wildman–Crippen LogP) is 0.489. The molecule has 3 rings (SSSR count). The van der Waals surface area contributed by atoms with E-state index in [-0.39, 0.29) is 18.4 Å². The third kappa shape index (κ3) is 3.36. The molecule has 1 fully saturated rings. The van der Waals surface area contributed by atoms with Crippen LogP contribution >= 0.6 is 11.8 Å². The first-order valence-corrected chi connectivity index (χ1v) is 8.95. The van der Waals surface area contributed by atoms with E-state index in [0.29, 0.717) is 26.3 Å². The average Bonchev–Trinajstić information content (AvgIpc) is 2.64. The van der Waals surface area contributed by atoms with Crippen molar-refractivity contribution in [2.45, 2.75) is 16.6 Å². The average molecular weight is 363 g/mol. The van der Waals surface area contributed by atoms with Crippen LogP contribution in [0.2, 0.25) is 0 Å². The van der Waals surface area contributed by atoms with Gasteiger partial charge in [0.1, 0.15) is 0 Å². The molecule has 0 aromatic heterocycles. The highest BCUT2D eigenvalue weighted by atomic mass is 32.2. The van der Waals surface area contributed by atoms with Crippen molar-refractivity contribution in [2.75, 3.05) is 44.8 Å². The number of hydrogen-bond acceptors (Lipinski definition) is 5. The van der Waals surface area contributed by atoms with Crippen LogP contribution in [0.4, 0.5) is 5.69 Å². The Kier molecular flexibility index (Phi) is 5.01. The number of hydrogen-bond donors (Lipinski definition) is 1. The summed E-state index contributed by atoms with van der Waals surface area (Å²) in [6, 6.07) is 7.45. The molecule has 0 bridgehead atoms. The molecule has 0 spiro atoms. The van der Waals surface area contributed by atoms with Crippen molar-refractivity contribution in [2.24, 2.45) is 0 Å². The summed E-state index contributed by atoms with van der Waals surface area (Å²) in [6.07, 6.45) is 0. The smallest absolute Gasteiger partial charge is 0.252 e. The van der Waals surface area contributed by atoms with Crippen molar-refractivity contribution in [3.8, 4) is 0 Å². The van der Waals surface area contributed by atoms with Crippen molar-refractivity contribution >= 4 is 35.2 Å². The first-order chi connectivity index (χ1) is 11.9. The minimum atomic E-state index is -1.30. The number of benzene rings is 1. The molecule has 1 atom stereocenters. The zero-order chi connectivity index (χ0) is 18.0. The summed E-state index contributed by atoms with van der Waals surface area (Å²) in [4.78, 5) is 41.6. The molecule has 0 radical (unpaired) electrons. The molecule has 2 aliphatic heterocycles. The molecule has 1 saturated heterocycles. The molecule has 1 unspecified atom stereocenters. The van der Waals surface area contributed by atoms with Crippen molar-refractivity contribution in [3.63, 3.8) is 0 Å². The molecule has 2 heterocycles. The Balaban J connectivity index is 1.68. The molecular weight excluding hydrogens is 342 g/mol. The number of ether oxygens (including phenoxy) is 1. The van der Waals surface area contributed by atoms with Crippen LogP contribution in [0.1, 0.15) is 6.92 Å². The molecule has 8 heteroatoms. The minimum Gasteiger partial charge on any atom is -0.378 e. The van der Waals surface area contributed by atoms with Gasteiger partial charge in [0.25, 0.3) is 5.91 Å². The maximum absolute atomic E-state index is 12.7. The second-order valence-electron chi connectivity index (χ2n) is 6.14. The normalized spacial score (nSPS) is 23.2. The summed E-state index contributed by atoms with van der Waals surface area (Å²) in [5.41, 5.74) is 0.784. The first-order valence-electron chi connectivity index (χ1n) is 8.13. The van der Waals surface area contributed by atoms with Crippen LogP contribution in [0, 0.1) is 0 Å². The number of anilines is 1. The Hall–Kier alpha value is -2.06. The van der Waals surface area contributed by atoms with Gasteiger partial charge in [-0.25, -0.2) is 0 Å². The predicted molar refractivity (Wildman–Crippen MR) is 94.5 cm³/mol. The molecule has 1 aromatic rings. The van der Waals surface area contributed by atoms with Gasteiger partial charge in [-0.3, -0.25) is 14.4 Å². The molecule has 7 nitrogen and oxygen atoms in total. The number of rotatable bonds is 3. The molecule has 0 aliphatic carbocycles. The van der Waals surface area contributed by atoms with E-state index in [9.17, 15) is 14.4 Å². The molecular formula is C17H21N3O4S. The van der Waals surface area contributed by atoms with E-state index >= 15 is 0 Å². The van der Waals surface area contributed by atoms with E-state index in [2.05, 4.69) is 5.32 Å². The molecule has 1 aromatic carbocycles. The monoisotopic (exact) mass is 363 g/mol. The van der Waals surface area contributed by atoms with Crippen LogP contribution in [-0.4, -0.2) is 67.3 Å². The Morgan fingerprint density at radius 1 is 1.28 bits per heavy atom. The van der Waals surface area contributed by atoms with Gasteiger partial charge >= 0.3 is 0 Å². The Labute approximate surface area is 150 Å². The molecule has 0 saturated carbocycles. The highest BCUT2D eigenvalue weighted by Crippen LogP contribution is 2.44. The third-order valence-corrected chi connectivity index (χ3v) is 5.78. The van der Waals surface area contributed by atoms with E-state index in [1.807, 2.05) is 24.3 Å². The second-order valence-corrected chi connectivity index (χ2v) is 7.60. The van der Waals surface area contributed by atoms with Crippen LogP contribution in [0.5, 0.6) is 0 Å². The maximum atomic E-state index is 12.7. The van der Waals surface area contributed by atoms with Gasteiger partial charge < -0.3 is 19.9 Å². The van der Waals surface area contributed by atoms with Crippen molar-refractivity contribution in [3.05, 3.63) is 24.3 Å². The Bertz CT molecular complexity index is 705. The molecule has 134 valence electrons. The van der Waals surface area contributed by atoms with Gasteiger partial charge in [-0.05, 0) is 19.1 Å². The maximum Gasteiger partial charge on any atom is 0.252 e. The number of carbonyl (C=O) groups excluding carboxylic acids is 3. The SMILES string of the molecule is CN1C(=O)C(C)(C(=O)NCC(=O)N2CCOCC2)Sc2ccccc21. The van der Waals surface area contributed by atoms with Crippen LogP contribution in [-0.2, 0) is 19.1 Å². The highest BCUT2D eigenvalue weighted by Gasteiger charge is 2.48. The lowest BCUT2D eigenvalue weighted by Crippen LogP contribution is -2.57. The van der Waals surface area contributed by atoms with E-state index < -0.39 is 10.7 Å². The van der Waals surface area contributed by atoms with Crippen LogP contribution in [0.25, 0.3) is 0 Å². The Morgan fingerprint density at radius 3 is 2.68 bits per heavy atom. The summed E-state index contributed by atoms with van der Waals surface area (Å²) in [5.74, 6) is -0.916. The fraction of sp³-hybridized carbons (Fsp3) is 0.471. The molecule has 2 aliphatic rings. The van der Waals surface area contributed by atoms with Crippen molar-refractivity contribution in [1.29, 1.82) is 0 Å². The summed E-state index contributed by atoms with van der Waals surface area (Å²) in [5, 5.41) is 2.63. The standard InChI is InChI=1S/C17H21N3O4S/c1-17(15(22)18-11-14(21)20-7-9-24-10-8-20)16(23)19(2)12-5-3-4-6-13(12)25-17/h3-6H,7-11H2,1-2H3,(H,18,22). The number of nitrogens with one attached hydrogen (secondary N) is 1. The number of fused-ring (bicyclic) bond motifs is 1. The molecule has 1 N–H and O–H groups in total. The third-order valence-electron chi connectivity index (χ3n) is 4.45. The van der Waals surface area contributed by atoms with Gasteiger partial charge in [0.05, 0.1) is 25.4 Å². The van der Waals surface area contributed by atoms with E-state index in [4.69, 9.17) is 4.74 Å². The van der Waals surface area contributed by atoms with E-state index in [0.717, 1.165) is 10.6 Å². The van der Waals surface area contributed by atoms with E-state index in [1.165, 1.54) is 16.7 Å². The van der Waals surface area contributed by atoms with E-state index in [1.54, 1.807) is 18.9 Å². The number of morpholine rings is 1. The summed E-state index contributed by atoms with van der Waals surface area (Å²) in [6.45, 7) is 3.54. The fourth-order valence-corrected chi connectivity index (χ4v) is 4.19. The lowest BCUT2D eigenvalue weighted by atomic mass is 10.1. The van der Waals surface area contributed by atoms with Gasteiger partial charge in [-0.1, -0.05) is 23.9 Å². The van der Waals surface area contributed by atoms with Gasteiger partial charge in [0.2, 0.25) is 11.8 Å². The van der Waals surface area contributed by atoms with Gasteiger partial charge in [-0.15, -0.1) is 0 Å². The molecule has 25 heavy (non-hydrogen) atoms. The number of carbonyl (C=O) groups is 3. The van der Waals surface area contributed by atoms with Crippen LogP contribution in [0.15, 0.2) is 29.2 Å². The lowest BCUT2D eigenvalue weighted by Gasteiger charge is -2.37. The number of nitrogens with zero attached hydrogens (tertiary/aromatic N) is 2. The van der Waals surface area contributed by atoms with Gasteiger partial charge in [0, 0.05) is 25.0 Å². The van der Waals surface area contributed by atoms with Crippen molar-refractivity contribution in [1.82, 2.24) is 10.2 Å².